The van der Waals surface area contributed by atoms with Gasteiger partial charge in [-0.3, -0.25) is 13.9 Å². The van der Waals surface area contributed by atoms with Crippen molar-refractivity contribution in [1.82, 2.24) is 10.2 Å². The van der Waals surface area contributed by atoms with E-state index in [0.29, 0.717) is 0 Å². The fraction of sp³-hybridized carbons (Fsp3) is 0.310. The van der Waals surface area contributed by atoms with E-state index in [-0.39, 0.29) is 34.1 Å². The van der Waals surface area contributed by atoms with E-state index in [1.165, 1.54) is 17.0 Å². The van der Waals surface area contributed by atoms with Crippen LogP contribution in [0, 0.1) is 13.8 Å². The van der Waals surface area contributed by atoms with Gasteiger partial charge in [-0.15, -0.1) is 0 Å². The molecule has 1 atom stereocenters. The number of benzene rings is 3. The van der Waals surface area contributed by atoms with Gasteiger partial charge in [0.15, 0.2) is 0 Å². The van der Waals surface area contributed by atoms with Gasteiger partial charge in [0.25, 0.3) is 10.0 Å². The Hall–Kier alpha value is -3.36. The van der Waals surface area contributed by atoms with E-state index in [0.717, 1.165) is 21.0 Å². The summed E-state index contributed by atoms with van der Waals surface area (Å²) in [6.07, 6.45) is 0. The normalized spacial score (nSPS) is 12.2. The second-order valence-corrected chi connectivity index (χ2v) is 11.9. The number of sulfonamides is 1. The van der Waals surface area contributed by atoms with Crippen molar-refractivity contribution in [1.29, 1.82) is 0 Å². The van der Waals surface area contributed by atoms with Crippen LogP contribution in [0.2, 0.25) is 5.02 Å². The Morgan fingerprint density at radius 3 is 1.97 bits per heavy atom. The molecule has 0 radical (unpaired) electrons. The van der Waals surface area contributed by atoms with Crippen molar-refractivity contribution in [3.8, 4) is 0 Å². The predicted octanol–water partition coefficient (Wildman–Crippen LogP) is 5.09. The molecule has 7 nitrogen and oxygen atoms in total. The molecule has 9 heteroatoms. The Balaban J connectivity index is 2.04. The van der Waals surface area contributed by atoms with Gasteiger partial charge in [-0.05, 0) is 64.4 Å². The Morgan fingerprint density at radius 1 is 0.868 bits per heavy atom. The van der Waals surface area contributed by atoms with Gasteiger partial charge in [0.05, 0.1) is 15.6 Å². The van der Waals surface area contributed by atoms with Gasteiger partial charge < -0.3 is 10.2 Å². The number of nitrogens with zero attached hydrogens (tertiary/aromatic N) is 2. The molecule has 0 fully saturated rings. The van der Waals surface area contributed by atoms with Crippen molar-refractivity contribution in [2.75, 3.05) is 10.8 Å². The molecule has 0 spiro atoms. The van der Waals surface area contributed by atoms with Crippen LogP contribution < -0.4 is 9.62 Å². The first-order valence-corrected chi connectivity index (χ1v) is 14.2. The van der Waals surface area contributed by atoms with E-state index < -0.39 is 28.5 Å². The minimum absolute atomic E-state index is 0.0338. The maximum atomic E-state index is 13.9. The lowest BCUT2D eigenvalue weighted by atomic mass is 10.1. The molecule has 38 heavy (non-hydrogen) atoms. The minimum atomic E-state index is -4.16. The zero-order chi connectivity index (χ0) is 28.0. The molecule has 1 N–H and O–H groups in total. The molecular formula is C29H34ClN3O4S. The van der Waals surface area contributed by atoms with Crippen LogP contribution in [-0.4, -0.2) is 43.8 Å². The number of hydrogen-bond donors (Lipinski definition) is 1. The Labute approximate surface area is 230 Å². The lowest BCUT2D eigenvalue weighted by Crippen LogP contribution is -2.52. The summed E-state index contributed by atoms with van der Waals surface area (Å²) in [7, 11) is -4.16. The molecule has 0 bridgehead atoms. The van der Waals surface area contributed by atoms with Crippen molar-refractivity contribution in [3.05, 3.63) is 94.5 Å². The van der Waals surface area contributed by atoms with Crippen LogP contribution in [-0.2, 0) is 26.2 Å². The topological polar surface area (TPSA) is 86.8 Å². The van der Waals surface area contributed by atoms with Crippen LogP contribution in [0.5, 0.6) is 0 Å². The van der Waals surface area contributed by atoms with Gasteiger partial charge in [0, 0.05) is 12.6 Å². The molecule has 3 aromatic carbocycles. The standard InChI is InChI=1S/C29H34ClN3O4S/c1-20(2)31-29(35)23(5)32(18-24-14-10-21(3)11-15-24)28(34)19-33(27-9-7-6-8-26(27)30)38(36,37)25-16-12-22(4)13-17-25/h6-17,20,23H,18-19H2,1-5H3,(H,31,35)/t23-/m1/s1. The minimum Gasteiger partial charge on any atom is -0.352 e. The third kappa shape index (κ3) is 7.14. The Kier molecular flexibility index (Phi) is 9.57. The largest absolute Gasteiger partial charge is 0.352 e. The molecular weight excluding hydrogens is 522 g/mol. The van der Waals surface area contributed by atoms with Gasteiger partial charge in [-0.2, -0.15) is 0 Å². The molecule has 0 heterocycles. The fourth-order valence-electron chi connectivity index (χ4n) is 3.88. The van der Waals surface area contributed by atoms with Crippen LogP contribution in [0.15, 0.2) is 77.7 Å². The third-order valence-corrected chi connectivity index (χ3v) is 8.17. The predicted molar refractivity (Wildman–Crippen MR) is 152 cm³/mol. The number of para-hydroxylation sites is 1. The van der Waals surface area contributed by atoms with E-state index in [4.69, 9.17) is 11.6 Å². The molecule has 0 aromatic heterocycles. The number of aryl methyl sites for hydroxylation is 2. The average Bonchev–Trinajstić information content (AvgIpc) is 2.86. The summed E-state index contributed by atoms with van der Waals surface area (Å²) in [4.78, 5) is 28.2. The molecule has 0 saturated heterocycles. The first kappa shape index (κ1) is 29.2. The molecule has 0 aliphatic heterocycles. The summed E-state index contributed by atoms with van der Waals surface area (Å²) >= 11 is 6.42. The molecule has 0 aliphatic carbocycles. The van der Waals surface area contributed by atoms with Crippen molar-refractivity contribution >= 4 is 39.1 Å². The summed E-state index contributed by atoms with van der Waals surface area (Å²) in [6.45, 7) is 8.73. The van der Waals surface area contributed by atoms with Crippen LogP contribution in [0.3, 0.4) is 0 Å². The summed E-state index contributed by atoms with van der Waals surface area (Å²) < 4.78 is 28.6. The molecule has 3 rings (SSSR count). The number of carbonyl (C=O) groups is 2. The highest BCUT2D eigenvalue weighted by atomic mass is 35.5. The number of amides is 2. The van der Waals surface area contributed by atoms with Gasteiger partial charge >= 0.3 is 0 Å². The molecule has 0 aliphatic rings. The lowest BCUT2D eigenvalue weighted by molar-refractivity contribution is -0.139. The SMILES string of the molecule is Cc1ccc(CN(C(=O)CN(c2ccccc2Cl)S(=O)(=O)c2ccc(C)cc2)[C@H](C)C(=O)NC(C)C)cc1. The monoisotopic (exact) mass is 555 g/mol. The lowest BCUT2D eigenvalue weighted by Gasteiger charge is -2.32. The molecule has 202 valence electrons. The Bertz CT molecular complexity index is 1370. The summed E-state index contributed by atoms with van der Waals surface area (Å²) in [5, 5.41) is 3.03. The van der Waals surface area contributed by atoms with Crippen molar-refractivity contribution < 1.29 is 18.0 Å². The number of anilines is 1. The number of hydrogen-bond acceptors (Lipinski definition) is 4. The molecule has 0 saturated carbocycles. The smallest absolute Gasteiger partial charge is 0.264 e. The third-order valence-electron chi connectivity index (χ3n) is 6.08. The van der Waals surface area contributed by atoms with Gasteiger partial charge in [-0.25, -0.2) is 8.42 Å². The average molecular weight is 556 g/mol. The zero-order valence-corrected chi connectivity index (χ0v) is 23.9. The Morgan fingerprint density at radius 2 is 1.42 bits per heavy atom. The maximum Gasteiger partial charge on any atom is 0.264 e. The summed E-state index contributed by atoms with van der Waals surface area (Å²) in [5.74, 6) is -0.862. The van der Waals surface area contributed by atoms with E-state index >= 15 is 0 Å². The van der Waals surface area contributed by atoms with Gasteiger partial charge in [0.2, 0.25) is 11.8 Å². The first-order valence-electron chi connectivity index (χ1n) is 12.4. The van der Waals surface area contributed by atoms with Crippen LogP contribution in [0.25, 0.3) is 0 Å². The first-order chi connectivity index (χ1) is 17.9. The van der Waals surface area contributed by atoms with Crippen LogP contribution in [0.1, 0.15) is 37.5 Å². The van der Waals surface area contributed by atoms with Crippen molar-refractivity contribution in [2.24, 2.45) is 0 Å². The fourth-order valence-corrected chi connectivity index (χ4v) is 5.60. The highest BCUT2D eigenvalue weighted by molar-refractivity contribution is 7.92. The van der Waals surface area contributed by atoms with Crippen LogP contribution >= 0.6 is 11.6 Å². The van der Waals surface area contributed by atoms with Gasteiger partial charge in [-0.1, -0.05) is 71.3 Å². The van der Waals surface area contributed by atoms with E-state index in [1.54, 1.807) is 43.3 Å². The van der Waals surface area contributed by atoms with Crippen LogP contribution in [0.4, 0.5) is 5.69 Å². The van der Waals surface area contributed by atoms with Crippen molar-refractivity contribution in [2.45, 2.75) is 58.1 Å². The highest BCUT2D eigenvalue weighted by Gasteiger charge is 2.33. The zero-order valence-electron chi connectivity index (χ0n) is 22.3. The van der Waals surface area contributed by atoms with E-state index in [2.05, 4.69) is 5.32 Å². The van der Waals surface area contributed by atoms with Gasteiger partial charge in [0.1, 0.15) is 12.6 Å². The summed E-state index contributed by atoms with van der Waals surface area (Å²) in [5.41, 5.74) is 2.96. The second-order valence-electron chi connectivity index (χ2n) is 9.62. The maximum absolute atomic E-state index is 13.9. The molecule has 2 amide bonds. The molecule has 3 aromatic rings. The highest BCUT2D eigenvalue weighted by Crippen LogP contribution is 2.31. The number of halogens is 1. The number of rotatable bonds is 10. The van der Waals surface area contributed by atoms with Crippen molar-refractivity contribution in [3.63, 3.8) is 0 Å². The van der Waals surface area contributed by atoms with E-state index in [1.807, 2.05) is 52.0 Å². The quantitative estimate of drug-likeness (QED) is 0.377. The summed E-state index contributed by atoms with van der Waals surface area (Å²) in [6, 6.07) is 19.5. The number of nitrogens with one attached hydrogen (secondary N) is 1. The second kappa shape index (κ2) is 12.5. The van der Waals surface area contributed by atoms with E-state index in [9.17, 15) is 18.0 Å². The number of carbonyl (C=O) groups excluding carboxylic acids is 2. The molecule has 0 unspecified atom stereocenters.